The van der Waals surface area contributed by atoms with Crippen LogP contribution in [0.15, 0.2) is 70.7 Å². The first kappa shape index (κ1) is 20.0. The van der Waals surface area contributed by atoms with Gasteiger partial charge in [-0.25, -0.2) is 9.79 Å². The van der Waals surface area contributed by atoms with Crippen molar-refractivity contribution >= 4 is 52.2 Å². The van der Waals surface area contributed by atoms with E-state index in [2.05, 4.69) is 10.3 Å². The molecule has 0 aliphatic carbocycles. The van der Waals surface area contributed by atoms with Crippen molar-refractivity contribution in [2.75, 3.05) is 0 Å². The molecule has 3 aromatic rings. The van der Waals surface area contributed by atoms with Gasteiger partial charge in [0.2, 0.25) is 0 Å². The maximum atomic E-state index is 12.4. The summed E-state index contributed by atoms with van der Waals surface area (Å²) in [7, 11) is 0. The number of nitrogens with one attached hydrogen (secondary N) is 1. The van der Waals surface area contributed by atoms with Crippen LogP contribution in [0.4, 0.5) is 5.69 Å². The van der Waals surface area contributed by atoms with Crippen molar-refractivity contribution in [3.63, 3.8) is 0 Å². The third kappa shape index (κ3) is 4.17. The second kappa shape index (κ2) is 8.22. The second-order valence-corrected chi connectivity index (χ2v) is 8.03. The van der Waals surface area contributed by atoms with E-state index in [1.807, 2.05) is 35.9 Å². The number of hydrogen-bond acceptors (Lipinski definition) is 4. The Balaban J connectivity index is 1.61. The molecule has 4 rings (SSSR count). The zero-order valence-corrected chi connectivity index (χ0v) is 17.4. The highest BCUT2D eigenvalue weighted by Gasteiger charge is 2.24. The van der Waals surface area contributed by atoms with Gasteiger partial charge in [-0.2, -0.15) is 0 Å². The first-order valence-electron chi connectivity index (χ1n) is 8.97. The summed E-state index contributed by atoms with van der Waals surface area (Å²) in [6.07, 6.45) is 3.63. The summed E-state index contributed by atoms with van der Waals surface area (Å²) < 4.78 is 1.88. The van der Waals surface area contributed by atoms with Crippen LogP contribution in [0.5, 0.6) is 0 Å². The number of halogens is 1. The summed E-state index contributed by atoms with van der Waals surface area (Å²) in [4.78, 5) is 28.5. The number of aromatic carboxylic acids is 1. The van der Waals surface area contributed by atoms with Crippen LogP contribution in [0.25, 0.3) is 11.8 Å². The van der Waals surface area contributed by atoms with Gasteiger partial charge in [0, 0.05) is 22.6 Å². The van der Waals surface area contributed by atoms with Gasteiger partial charge in [0.15, 0.2) is 5.17 Å². The number of thioether (sulfide) groups is 1. The van der Waals surface area contributed by atoms with Gasteiger partial charge in [-0.05, 0) is 78.9 Å². The van der Waals surface area contributed by atoms with E-state index < -0.39 is 5.97 Å². The number of aryl methyl sites for hydroxylation is 1. The maximum Gasteiger partial charge on any atom is 0.335 e. The van der Waals surface area contributed by atoms with Crippen molar-refractivity contribution in [1.29, 1.82) is 0 Å². The van der Waals surface area contributed by atoms with Crippen LogP contribution in [0.3, 0.4) is 0 Å². The Morgan fingerprint density at radius 2 is 1.97 bits per heavy atom. The number of amides is 1. The lowest BCUT2D eigenvalue weighted by molar-refractivity contribution is -0.115. The summed E-state index contributed by atoms with van der Waals surface area (Å²) in [5.74, 6) is -1.20. The number of nitrogens with zero attached hydrogens (tertiary/aromatic N) is 2. The summed E-state index contributed by atoms with van der Waals surface area (Å²) in [5.41, 5.74) is 3.46. The summed E-state index contributed by atoms with van der Waals surface area (Å²) in [6, 6.07) is 15.7. The highest BCUT2D eigenvalue weighted by Crippen LogP contribution is 2.30. The third-order valence-electron chi connectivity index (χ3n) is 4.50. The molecule has 8 heteroatoms. The van der Waals surface area contributed by atoms with Crippen LogP contribution in [-0.4, -0.2) is 26.7 Å². The summed E-state index contributed by atoms with van der Waals surface area (Å²) >= 11 is 7.30. The minimum Gasteiger partial charge on any atom is -0.478 e. The molecule has 1 amide bonds. The van der Waals surface area contributed by atoms with E-state index >= 15 is 0 Å². The molecule has 1 aliphatic rings. The molecule has 1 fully saturated rings. The summed E-state index contributed by atoms with van der Waals surface area (Å²) in [6.45, 7) is 1.93. The van der Waals surface area contributed by atoms with Gasteiger partial charge in [-0.3, -0.25) is 4.79 Å². The van der Waals surface area contributed by atoms with E-state index in [0.29, 0.717) is 20.8 Å². The second-order valence-electron chi connectivity index (χ2n) is 6.57. The van der Waals surface area contributed by atoms with Gasteiger partial charge >= 0.3 is 5.97 Å². The number of benzene rings is 2. The highest BCUT2D eigenvalue weighted by atomic mass is 35.5. The Labute approximate surface area is 181 Å². The molecule has 0 radical (unpaired) electrons. The van der Waals surface area contributed by atoms with Crippen LogP contribution >= 0.6 is 23.4 Å². The van der Waals surface area contributed by atoms with Crippen molar-refractivity contribution < 1.29 is 14.7 Å². The molecule has 30 heavy (non-hydrogen) atoms. The Hall–Kier alpha value is -3.29. The number of amidine groups is 1. The molecule has 0 saturated carbocycles. The molecule has 0 atom stereocenters. The zero-order chi connectivity index (χ0) is 21.3. The number of carboxylic acid groups (broad SMARTS) is 1. The van der Waals surface area contributed by atoms with Crippen LogP contribution in [0.1, 0.15) is 21.6 Å². The Kier molecular flexibility index (Phi) is 5.48. The Morgan fingerprint density at radius 1 is 1.20 bits per heavy atom. The van der Waals surface area contributed by atoms with Crippen LogP contribution in [0.2, 0.25) is 5.02 Å². The molecule has 1 aromatic heterocycles. The van der Waals surface area contributed by atoms with Gasteiger partial charge in [0.05, 0.1) is 16.2 Å². The van der Waals surface area contributed by atoms with Gasteiger partial charge in [-0.15, -0.1) is 0 Å². The lowest BCUT2D eigenvalue weighted by atomic mass is 10.2. The number of carbonyl (C=O) groups excluding carboxylic acids is 1. The minimum absolute atomic E-state index is 0.216. The van der Waals surface area contributed by atoms with Gasteiger partial charge in [0.25, 0.3) is 5.91 Å². The monoisotopic (exact) mass is 437 g/mol. The molecule has 2 aromatic carbocycles. The fraction of sp³-hybridized carbons (Fsp3) is 0.0455. The van der Waals surface area contributed by atoms with E-state index in [4.69, 9.17) is 16.7 Å². The number of rotatable bonds is 4. The van der Waals surface area contributed by atoms with Crippen molar-refractivity contribution in [1.82, 2.24) is 9.88 Å². The minimum atomic E-state index is -0.975. The summed E-state index contributed by atoms with van der Waals surface area (Å²) in [5, 5.41) is 12.9. The predicted octanol–water partition coefficient (Wildman–Crippen LogP) is 5.03. The quantitative estimate of drug-likeness (QED) is 0.561. The van der Waals surface area contributed by atoms with Gasteiger partial charge < -0.3 is 15.0 Å². The Bertz CT molecular complexity index is 1210. The molecule has 150 valence electrons. The highest BCUT2D eigenvalue weighted by molar-refractivity contribution is 8.18. The van der Waals surface area contributed by atoms with Crippen LogP contribution in [-0.2, 0) is 4.79 Å². The molecule has 1 aliphatic heterocycles. The maximum absolute atomic E-state index is 12.4. The average Bonchev–Trinajstić information content (AvgIpc) is 3.31. The predicted molar refractivity (Wildman–Crippen MR) is 120 cm³/mol. The molecule has 6 nitrogen and oxygen atoms in total. The van der Waals surface area contributed by atoms with Crippen molar-refractivity contribution in [2.24, 2.45) is 4.99 Å². The Morgan fingerprint density at radius 3 is 2.70 bits per heavy atom. The normalized spacial score (nSPS) is 16.3. The van der Waals surface area contributed by atoms with Crippen molar-refractivity contribution in [3.05, 3.63) is 87.5 Å². The number of hydrogen-bond donors (Lipinski definition) is 2. The standard InChI is InChI=1S/C22H16ClN3O3S/c1-13-4-7-15(23)11-18(13)24-22-25-20(27)19(30-22)12-17-3-2-10-26(17)16-8-5-14(6-9-16)21(28)29/h2-12H,1H3,(H,28,29)(H,24,25,27)/b19-12-. The van der Waals surface area contributed by atoms with E-state index in [1.54, 1.807) is 42.5 Å². The van der Waals surface area contributed by atoms with Gasteiger partial charge in [-0.1, -0.05) is 17.7 Å². The topological polar surface area (TPSA) is 83.7 Å². The van der Waals surface area contributed by atoms with Crippen LogP contribution < -0.4 is 5.32 Å². The smallest absolute Gasteiger partial charge is 0.335 e. The fourth-order valence-electron chi connectivity index (χ4n) is 2.94. The molecule has 0 spiro atoms. The number of carbonyl (C=O) groups is 2. The van der Waals surface area contributed by atoms with Crippen molar-refractivity contribution in [3.8, 4) is 5.69 Å². The van der Waals surface area contributed by atoms with E-state index in [9.17, 15) is 9.59 Å². The lowest BCUT2D eigenvalue weighted by Gasteiger charge is -2.07. The number of carboxylic acids is 1. The molecule has 0 unspecified atom stereocenters. The first-order chi connectivity index (χ1) is 14.4. The molecular weight excluding hydrogens is 422 g/mol. The van der Waals surface area contributed by atoms with E-state index in [0.717, 1.165) is 16.9 Å². The number of aromatic nitrogens is 1. The zero-order valence-electron chi connectivity index (χ0n) is 15.8. The fourth-order valence-corrected chi connectivity index (χ4v) is 3.92. The van der Waals surface area contributed by atoms with Gasteiger partial charge in [0.1, 0.15) is 0 Å². The van der Waals surface area contributed by atoms with E-state index in [-0.39, 0.29) is 11.5 Å². The van der Waals surface area contributed by atoms with Crippen LogP contribution in [0, 0.1) is 6.92 Å². The molecule has 0 bridgehead atoms. The third-order valence-corrected chi connectivity index (χ3v) is 5.64. The molecule has 1 saturated heterocycles. The first-order valence-corrected chi connectivity index (χ1v) is 10.2. The van der Waals surface area contributed by atoms with Crippen molar-refractivity contribution in [2.45, 2.75) is 6.92 Å². The average molecular weight is 438 g/mol. The molecule has 2 N–H and O–H groups in total. The lowest BCUT2D eigenvalue weighted by Crippen LogP contribution is -2.19. The largest absolute Gasteiger partial charge is 0.478 e. The SMILES string of the molecule is Cc1ccc(Cl)cc1N=C1NC(=O)/C(=C/c2cccn2-c2ccc(C(=O)O)cc2)S1. The molecular formula is C22H16ClN3O3S. The number of aliphatic imine (C=N–C) groups is 1. The molecule has 2 heterocycles. The van der Waals surface area contributed by atoms with E-state index in [1.165, 1.54) is 11.8 Å².